The van der Waals surface area contributed by atoms with E-state index in [2.05, 4.69) is 18.0 Å². The second kappa shape index (κ2) is 3.05. The van der Waals surface area contributed by atoms with Gasteiger partial charge >= 0.3 is 0 Å². The van der Waals surface area contributed by atoms with E-state index in [1.807, 2.05) is 24.4 Å². The fourth-order valence-corrected chi connectivity index (χ4v) is 1.56. The van der Waals surface area contributed by atoms with Gasteiger partial charge in [-0.05, 0) is 24.1 Å². The highest BCUT2D eigenvalue weighted by atomic mass is 14.7. The van der Waals surface area contributed by atoms with Crippen molar-refractivity contribution < 1.29 is 0 Å². The zero-order valence-corrected chi connectivity index (χ0v) is 7.62. The number of nitrogen functional groups attached to an aromatic ring is 1. The summed E-state index contributed by atoms with van der Waals surface area (Å²) < 4.78 is 0. The Kier molecular flexibility index (Phi) is 1.89. The Hall–Kier alpha value is -1.57. The fraction of sp³-hybridized carbons (Fsp3) is 0.182. The lowest BCUT2D eigenvalue weighted by atomic mass is 10.1. The van der Waals surface area contributed by atoms with Gasteiger partial charge in [0.15, 0.2) is 0 Å². The molecular formula is C11H12N2. The molecule has 2 rings (SSSR count). The number of anilines is 1. The van der Waals surface area contributed by atoms with Crippen LogP contribution >= 0.6 is 0 Å². The Morgan fingerprint density at radius 3 is 2.92 bits per heavy atom. The van der Waals surface area contributed by atoms with Gasteiger partial charge in [-0.15, -0.1) is 0 Å². The van der Waals surface area contributed by atoms with Gasteiger partial charge in [0.25, 0.3) is 0 Å². The minimum absolute atomic E-state index is 0.757. The predicted molar refractivity (Wildman–Crippen MR) is 55.5 cm³/mol. The van der Waals surface area contributed by atoms with Crippen LogP contribution in [0.4, 0.5) is 5.69 Å². The number of hydrogen-bond acceptors (Lipinski definition) is 2. The van der Waals surface area contributed by atoms with E-state index in [0.29, 0.717) is 0 Å². The largest absolute Gasteiger partial charge is 0.397 e. The zero-order valence-electron chi connectivity index (χ0n) is 7.62. The summed E-state index contributed by atoms with van der Waals surface area (Å²) >= 11 is 0. The van der Waals surface area contributed by atoms with Gasteiger partial charge in [-0.3, -0.25) is 4.98 Å². The lowest BCUT2D eigenvalue weighted by molar-refractivity contribution is 1.15. The molecule has 0 saturated carbocycles. The van der Waals surface area contributed by atoms with Crippen LogP contribution in [0.1, 0.15) is 12.5 Å². The van der Waals surface area contributed by atoms with Gasteiger partial charge in [0, 0.05) is 11.6 Å². The summed E-state index contributed by atoms with van der Waals surface area (Å²) in [7, 11) is 0. The van der Waals surface area contributed by atoms with E-state index in [1.165, 1.54) is 10.9 Å². The number of aromatic nitrogens is 1. The van der Waals surface area contributed by atoms with Crippen molar-refractivity contribution in [1.29, 1.82) is 0 Å². The first-order chi connectivity index (χ1) is 6.33. The lowest BCUT2D eigenvalue weighted by Gasteiger charge is -2.04. The normalized spacial score (nSPS) is 10.5. The smallest absolute Gasteiger partial charge is 0.0933 e. The van der Waals surface area contributed by atoms with Gasteiger partial charge < -0.3 is 5.73 Å². The summed E-state index contributed by atoms with van der Waals surface area (Å²) in [6.07, 6.45) is 2.83. The molecule has 0 aliphatic heterocycles. The summed E-state index contributed by atoms with van der Waals surface area (Å²) in [5.74, 6) is 0. The maximum absolute atomic E-state index is 5.82. The third-order valence-electron chi connectivity index (χ3n) is 2.27. The highest BCUT2D eigenvalue weighted by Gasteiger charge is 2.01. The van der Waals surface area contributed by atoms with Crippen molar-refractivity contribution in [3.8, 4) is 0 Å². The van der Waals surface area contributed by atoms with Crippen LogP contribution in [0.25, 0.3) is 10.9 Å². The van der Waals surface area contributed by atoms with E-state index in [9.17, 15) is 0 Å². The molecule has 1 aromatic carbocycles. The van der Waals surface area contributed by atoms with E-state index >= 15 is 0 Å². The van der Waals surface area contributed by atoms with Crippen molar-refractivity contribution in [3.63, 3.8) is 0 Å². The van der Waals surface area contributed by atoms with E-state index in [1.54, 1.807) is 0 Å². The van der Waals surface area contributed by atoms with Crippen LogP contribution in [0, 0.1) is 0 Å². The number of hydrogen-bond donors (Lipinski definition) is 1. The lowest BCUT2D eigenvalue weighted by Crippen LogP contribution is -1.91. The average molecular weight is 172 g/mol. The fourth-order valence-electron chi connectivity index (χ4n) is 1.56. The molecule has 0 spiro atoms. The molecule has 0 atom stereocenters. The van der Waals surface area contributed by atoms with Crippen LogP contribution in [-0.4, -0.2) is 4.98 Å². The van der Waals surface area contributed by atoms with Crippen molar-refractivity contribution in [2.24, 2.45) is 0 Å². The molecule has 0 saturated heterocycles. The maximum Gasteiger partial charge on any atom is 0.0933 e. The average Bonchev–Trinajstić information content (AvgIpc) is 2.18. The van der Waals surface area contributed by atoms with Gasteiger partial charge in [-0.25, -0.2) is 0 Å². The highest BCUT2D eigenvalue weighted by molar-refractivity contribution is 5.91. The number of nitrogens with two attached hydrogens (primary N) is 1. The molecule has 0 aliphatic carbocycles. The number of rotatable bonds is 1. The van der Waals surface area contributed by atoms with Gasteiger partial charge in [0.05, 0.1) is 11.2 Å². The molecule has 0 radical (unpaired) electrons. The minimum Gasteiger partial charge on any atom is -0.397 e. The van der Waals surface area contributed by atoms with Crippen LogP contribution in [0.3, 0.4) is 0 Å². The summed E-state index contributed by atoms with van der Waals surface area (Å²) in [4.78, 5) is 4.26. The van der Waals surface area contributed by atoms with Crippen molar-refractivity contribution >= 4 is 16.6 Å². The standard InChI is InChI=1S/C11H12N2/c1-2-8-6-7-13-11-9(8)4-3-5-10(11)12/h3-7H,2,12H2,1H3. The van der Waals surface area contributed by atoms with Crippen LogP contribution in [-0.2, 0) is 6.42 Å². The Labute approximate surface area is 77.4 Å². The van der Waals surface area contributed by atoms with Crippen molar-refractivity contribution in [3.05, 3.63) is 36.0 Å². The molecule has 2 aromatic rings. The molecule has 0 aliphatic rings. The Morgan fingerprint density at radius 2 is 2.15 bits per heavy atom. The zero-order chi connectivity index (χ0) is 9.26. The number of aryl methyl sites for hydroxylation is 1. The summed E-state index contributed by atoms with van der Waals surface area (Å²) in [5.41, 5.74) is 8.80. The van der Waals surface area contributed by atoms with Crippen LogP contribution < -0.4 is 5.73 Å². The van der Waals surface area contributed by atoms with Gasteiger partial charge in [0.1, 0.15) is 0 Å². The van der Waals surface area contributed by atoms with Gasteiger partial charge in [0.2, 0.25) is 0 Å². The Balaban J connectivity index is 2.84. The molecule has 2 N–H and O–H groups in total. The first kappa shape index (κ1) is 8.05. The van der Waals surface area contributed by atoms with E-state index in [-0.39, 0.29) is 0 Å². The van der Waals surface area contributed by atoms with Crippen LogP contribution in [0.15, 0.2) is 30.5 Å². The highest BCUT2D eigenvalue weighted by Crippen LogP contribution is 2.21. The topological polar surface area (TPSA) is 38.9 Å². The number of benzene rings is 1. The third-order valence-corrected chi connectivity index (χ3v) is 2.27. The van der Waals surface area contributed by atoms with Crippen molar-refractivity contribution in [1.82, 2.24) is 4.98 Å². The second-order valence-electron chi connectivity index (χ2n) is 3.07. The van der Waals surface area contributed by atoms with E-state index in [0.717, 1.165) is 17.6 Å². The van der Waals surface area contributed by atoms with Gasteiger partial charge in [-0.2, -0.15) is 0 Å². The monoisotopic (exact) mass is 172 g/mol. The molecule has 1 aromatic heterocycles. The number of nitrogens with zero attached hydrogens (tertiary/aromatic N) is 1. The molecular weight excluding hydrogens is 160 g/mol. The molecule has 0 unspecified atom stereocenters. The number of para-hydroxylation sites is 1. The molecule has 0 amide bonds. The van der Waals surface area contributed by atoms with Crippen molar-refractivity contribution in [2.45, 2.75) is 13.3 Å². The first-order valence-electron chi connectivity index (χ1n) is 4.45. The minimum atomic E-state index is 0.757. The van der Waals surface area contributed by atoms with E-state index < -0.39 is 0 Å². The molecule has 66 valence electrons. The third kappa shape index (κ3) is 1.24. The molecule has 2 nitrogen and oxygen atoms in total. The predicted octanol–water partition coefficient (Wildman–Crippen LogP) is 2.38. The van der Waals surface area contributed by atoms with Crippen molar-refractivity contribution in [2.75, 3.05) is 5.73 Å². The molecule has 2 heteroatoms. The summed E-state index contributed by atoms with van der Waals surface area (Å²) in [5, 5.41) is 1.17. The SMILES string of the molecule is CCc1ccnc2c(N)cccc12. The molecule has 0 fully saturated rings. The molecule has 13 heavy (non-hydrogen) atoms. The summed E-state index contributed by atoms with van der Waals surface area (Å²) in [6, 6.07) is 7.96. The molecule has 0 bridgehead atoms. The number of fused-ring (bicyclic) bond motifs is 1. The quantitative estimate of drug-likeness (QED) is 0.671. The maximum atomic E-state index is 5.82. The first-order valence-corrected chi connectivity index (χ1v) is 4.45. The number of pyridine rings is 1. The van der Waals surface area contributed by atoms with Crippen LogP contribution in [0.2, 0.25) is 0 Å². The van der Waals surface area contributed by atoms with Gasteiger partial charge in [-0.1, -0.05) is 19.1 Å². The van der Waals surface area contributed by atoms with E-state index in [4.69, 9.17) is 5.73 Å². The summed E-state index contributed by atoms with van der Waals surface area (Å²) in [6.45, 7) is 2.14. The second-order valence-corrected chi connectivity index (χ2v) is 3.07. The molecule has 1 heterocycles. The van der Waals surface area contributed by atoms with Crippen LogP contribution in [0.5, 0.6) is 0 Å². The Morgan fingerprint density at radius 1 is 1.31 bits per heavy atom. The Bertz CT molecular complexity index is 435.